The van der Waals surface area contributed by atoms with Gasteiger partial charge in [0.15, 0.2) is 0 Å². The molecule has 0 aliphatic rings. The van der Waals surface area contributed by atoms with Crippen LogP contribution in [-0.4, -0.2) is 19.6 Å². The summed E-state index contributed by atoms with van der Waals surface area (Å²) in [6.07, 6.45) is 0. The predicted molar refractivity (Wildman–Crippen MR) is 64.6 cm³/mol. The van der Waals surface area contributed by atoms with E-state index in [1.807, 2.05) is 6.07 Å². The Morgan fingerprint density at radius 2 is 2.35 bits per heavy atom. The molecule has 3 N–H and O–H groups in total. The molecule has 0 aliphatic carbocycles. The van der Waals surface area contributed by atoms with Crippen LogP contribution in [0.2, 0.25) is 0 Å². The van der Waals surface area contributed by atoms with Crippen molar-refractivity contribution >= 4 is 11.6 Å². The van der Waals surface area contributed by atoms with Gasteiger partial charge in [-0.2, -0.15) is 5.26 Å². The minimum Gasteiger partial charge on any atom is -0.495 e. The molecule has 1 aromatic carbocycles. The maximum absolute atomic E-state index is 10.9. The molecule has 1 rings (SSSR count). The third kappa shape index (κ3) is 3.38. The number of carbonyl (C=O) groups excluding carboxylic acids is 1. The second-order valence-corrected chi connectivity index (χ2v) is 3.71. The van der Waals surface area contributed by atoms with E-state index in [1.54, 1.807) is 25.1 Å². The van der Waals surface area contributed by atoms with E-state index >= 15 is 0 Å². The maximum atomic E-state index is 10.9. The molecule has 0 radical (unpaired) electrons. The van der Waals surface area contributed by atoms with Gasteiger partial charge in [0.05, 0.1) is 30.3 Å². The first kappa shape index (κ1) is 12.8. The van der Waals surface area contributed by atoms with Gasteiger partial charge in [0, 0.05) is 12.6 Å². The van der Waals surface area contributed by atoms with Crippen LogP contribution < -0.4 is 15.8 Å². The zero-order valence-corrected chi connectivity index (χ0v) is 9.86. The number of anilines is 1. The second kappa shape index (κ2) is 5.75. The fourth-order valence-corrected chi connectivity index (χ4v) is 1.27. The monoisotopic (exact) mass is 233 g/mol. The largest absolute Gasteiger partial charge is 0.495 e. The molecule has 0 saturated heterocycles. The van der Waals surface area contributed by atoms with E-state index in [2.05, 4.69) is 5.32 Å². The molecule has 90 valence electrons. The molecule has 0 fully saturated rings. The molecule has 1 atom stereocenters. The molecule has 0 aromatic heterocycles. The number of amides is 1. The highest BCUT2D eigenvalue weighted by atomic mass is 16.5. The number of hydrogen-bond donors (Lipinski definition) is 2. The Labute approximate surface area is 100 Å². The summed E-state index contributed by atoms with van der Waals surface area (Å²) in [6, 6.07) is 7.09. The first-order valence-corrected chi connectivity index (χ1v) is 5.19. The van der Waals surface area contributed by atoms with Crippen LogP contribution in [0.25, 0.3) is 0 Å². The summed E-state index contributed by atoms with van der Waals surface area (Å²) in [6.45, 7) is 2.17. The summed E-state index contributed by atoms with van der Waals surface area (Å²) in [7, 11) is 1.53. The van der Waals surface area contributed by atoms with Gasteiger partial charge in [-0.3, -0.25) is 4.79 Å². The lowest BCUT2D eigenvalue weighted by Gasteiger charge is -2.13. The summed E-state index contributed by atoms with van der Waals surface area (Å²) in [5.74, 6) is -0.0545. The highest BCUT2D eigenvalue weighted by Gasteiger charge is 2.10. The van der Waals surface area contributed by atoms with Crippen molar-refractivity contribution in [2.24, 2.45) is 11.7 Å². The first-order valence-electron chi connectivity index (χ1n) is 5.19. The van der Waals surface area contributed by atoms with Crippen LogP contribution in [0.1, 0.15) is 12.5 Å². The molecule has 0 spiro atoms. The number of nitrogens with one attached hydrogen (secondary N) is 1. The zero-order chi connectivity index (χ0) is 12.8. The Morgan fingerprint density at radius 1 is 1.65 bits per heavy atom. The molecule has 0 heterocycles. The SMILES string of the molecule is COc1cc(C#N)ccc1NCC(C)C(N)=O. The van der Waals surface area contributed by atoms with Gasteiger partial charge in [0.1, 0.15) is 5.75 Å². The average molecular weight is 233 g/mol. The molecular weight excluding hydrogens is 218 g/mol. The molecule has 0 aliphatic heterocycles. The third-order valence-corrected chi connectivity index (χ3v) is 2.42. The van der Waals surface area contributed by atoms with E-state index in [0.717, 1.165) is 5.69 Å². The number of carbonyl (C=O) groups is 1. The zero-order valence-electron chi connectivity index (χ0n) is 9.86. The third-order valence-electron chi connectivity index (χ3n) is 2.42. The van der Waals surface area contributed by atoms with Gasteiger partial charge in [0.2, 0.25) is 5.91 Å². The summed E-state index contributed by atoms with van der Waals surface area (Å²) in [5.41, 5.74) is 6.42. The minimum absolute atomic E-state index is 0.268. The van der Waals surface area contributed by atoms with Crippen LogP contribution in [0, 0.1) is 17.2 Å². The van der Waals surface area contributed by atoms with E-state index in [-0.39, 0.29) is 11.8 Å². The number of hydrogen-bond acceptors (Lipinski definition) is 4. The number of benzene rings is 1. The van der Waals surface area contributed by atoms with Gasteiger partial charge >= 0.3 is 0 Å². The molecule has 17 heavy (non-hydrogen) atoms. The number of nitrogens with two attached hydrogens (primary N) is 1. The topological polar surface area (TPSA) is 88.1 Å². The van der Waals surface area contributed by atoms with Crippen LogP contribution in [0.5, 0.6) is 5.75 Å². The number of nitriles is 1. The summed E-state index contributed by atoms with van der Waals surface area (Å²) >= 11 is 0. The molecule has 5 nitrogen and oxygen atoms in total. The van der Waals surface area contributed by atoms with Gasteiger partial charge in [-0.05, 0) is 12.1 Å². The number of nitrogens with zero attached hydrogens (tertiary/aromatic N) is 1. The Morgan fingerprint density at radius 3 is 2.88 bits per heavy atom. The average Bonchev–Trinajstić information content (AvgIpc) is 2.35. The van der Waals surface area contributed by atoms with Gasteiger partial charge in [-0.15, -0.1) is 0 Å². The van der Waals surface area contributed by atoms with Crippen molar-refractivity contribution in [2.75, 3.05) is 19.0 Å². The molecule has 1 amide bonds. The van der Waals surface area contributed by atoms with Gasteiger partial charge < -0.3 is 15.8 Å². The van der Waals surface area contributed by atoms with Crippen LogP contribution in [-0.2, 0) is 4.79 Å². The van der Waals surface area contributed by atoms with Crippen LogP contribution >= 0.6 is 0 Å². The number of ether oxygens (including phenoxy) is 1. The Bertz CT molecular complexity index is 452. The van der Waals surface area contributed by atoms with Crippen LogP contribution in [0.15, 0.2) is 18.2 Å². The lowest BCUT2D eigenvalue weighted by molar-refractivity contribution is -0.120. The van der Waals surface area contributed by atoms with E-state index in [4.69, 9.17) is 15.7 Å². The minimum atomic E-state index is -0.356. The molecule has 5 heteroatoms. The smallest absolute Gasteiger partial charge is 0.222 e. The second-order valence-electron chi connectivity index (χ2n) is 3.71. The number of methoxy groups -OCH3 is 1. The van der Waals surface area contributed by atoms with E-state index < -0.39 is 0 Å². The molecule has 1 aromatic rings. The highest BCUT2D eigenvalue weighted by Crippen LogP contribution is 2.25. The molecular formula is C12H15N3O2. The standard InChI is InChI=1S/C12H15N3O2/c1-8(12(14)16)7-15-10-4-3-9(6-13)5-11(10)17-2/h3-5,8,15H,7H2,1-2H3,(H2,14,16). The molecule has 0 bridgehead atoms. The predicted octanol–water partition coefficient (Wildman–Crippen LogP) is 1.10. The quantitative estimate of drug-likeness (QED) is 0.797. The van der Waals surface area contributed by atoms with Crippen molar-refractivity contribution in [1.29, 1.82) is 5.26 Å². The van der Waals surface area contributed by atoms with Crippen LogP contribution in [0.3, 0.4) is 0 Å². The number of rotatable bonds is 5. The van der Waals surface area contributed by atoms with Crippen molar-refractivity contribution in [2.45, 2.75) is 6.92 Å². The van der Waals surface area contributed by atoms with E-state index in [9.17, 15) is 4.79 Å². The lowest BCUT2D eigenvalue weighted by Crippen LogP contribution is -2.26. The first-order chi connectivity index (χ1) is 8.08. The molecule has 1 unspecified atom stereocenters. The van der Waals surface area contributed by atoms with Crippen molar-refractivity contribution in [1.82, 2.24) is 0 Å². The number of primary amides is 1. The Hall–Kier alpha value is -2.22. The van der Waals surface area contributed by atoms with E-state index in [0.29, 0.717) is 17.9 Å². The van der Waals surface area contributed by atoms with E-state index in [1.165, 1.54) is 7.11 Å². The normalized spacial score (nSPS) is 11.4. The van der Waals surface area contributed by atoms with Crippen molar-refractivity contribution in [3.63, 3.8) is 0 Å². The Kier molecular flexibility index (Phi) is 4.35. The van der Waals surface area contributed by atoms with Crippen molar-refractivity contribution < 1.29 is 9.53 Å². The summed E-state index contributed by atoms with van der Waals surface area (Å²) < 4.78 is 5.15. The van der Waals surface area contributed by atoms with Gasteiger partial charge in [0.25, 0.3) is 0 Å². The fraction of sp³-hybridized carbons (Fsp3) is 0.333. The van der Waals surface area contributed by atoms with Crippen molar-refractivity contribution in [3.05, 3.63) is 23.8 Å². The van der Waals surface area contributed by atoms with Gasteiger partial charge in [-0.1, -0.05) is 6.92 Å². The van der Waals surface area contributed by atoms with Crippen LogP contribution in [0.4, 0.5) is 5.69 Å². The Balaban J connectivity index is 2.78. The summed E-state index contributed by atoms with van der Waals surface area (Å²) in [5, 5.41) is 11.8. The van der Waals surface area contributed by atoms with Crippen molar-refractivity contribution in [3.8, 4) is 11.8 Å². The maximum Gasteiger partial charge on any atom is 0.222 e. The summed E-state index contributed by atoms with van der Waals surface area (Å²) in [4.78, 5) is 10.9. The molecule has 0 saturated carbocycles. The lowest BCUT2D eigenvalue weighted by atomic mass is 10.1. The fourth-order valence-electron chi connectivity index (χ4n) is 1.27. The highest BCUT2D eigenvalue weighted by molar-refractivity contribution is 5.77. The van der Waals surface area contributed by atoms with Gasteiger partial charge in [-0.25, -0.2) is 0 Å².